The van der Waals surface area contributed by atoms with Gasteiger partial charge in [-0.2, -0.15) is 4.80 Å². The average molecular weight is 421 g/mol. The fraction of sp³-hybridized carbons (Fsp3) is 0.435. The minimum atomic E-state index is -0.230. The molecule has 1 aromatic carbocycles. The summed E-state index contributed by atoms with van der Waals surface area (Å²) in [7, 11) is 0. The van der Waals surface area contributed by atoms with E-state index in [2.05, 4.69) is 51.7 Å². The van der Waals surface area contributed by atoms with Crippen molar-refractivity contribution in [3.63, 3.8) is 0 Å². The molecule has 2 aromatic heterocycles. The number of nitrogens with zero attached hydrogens (tertiary/aromatic N) is 5. The molecule has 1 N–H and O–H groups in total. The number of hydrogen-bond donors (Lipinski definition) is 1. The third kappa shape index (κ3) is 5.32. The van der Waals surface area contributed by atoms with Gasteiger partial charge in [-0.1, -0.05) is 18.2 Å². The third-order valence-electron chi connectivity index (χ3n) is 5.56. The van der Waals surface area contributed by atoms with Crippen LogP contribution in [-0.2, 0) is 17.8 Å². The van der Waals surface area contributed by atoms with Crippen LogP contribution >= 0.6 is 0 Å². The van der Waals surface area contributed by atoms with Gasteiger partial charge in [0, 0.05) is 24.4 Å². The highest BCUT2D eigenvalue weighted by atomic mass is 16.5. The lowest BCUT2D eigenvalue weighted by Crippen LogP contribution is -2.25. The Morgan fingerprint density at radius 2 is 2.03 bits per heavy atom. The van der Waals surface area contributed by atoms with Gasteiger partial charge in [-0.25, -0.2) is 4.98 Å². The van der Waals surface area contributed by atoms with Crippen LogP contribution in [0.3, 0.4) is 0 Å². The monoisotopic (exact) mass is 420 g/mol. The maximum atomic E-state index is 12.7. The van der Waals surface area contributed by atoms with E-state index in [0.29, 0.717) is 24.6 Å². The zero-order valence-corrected chi connectivity index (χ0v) is 18.3. The number of ether oxygens (including phenoxy) is 1. The van der Waals surface area contributed by atoms with Gasteiger partial charge in [0.2, 0.25) is 5.82 Å². The SMILES string of the molecule is Cc1cc(-c2nnn(CC3CCCCO3)n2)cc(C(=O)NCc2ccc(C)c(C)c2)n1. The normalized spacial score (nSPS) is 16.3. The van der Waals surface area contributed by atoms with Crippen LogP contribution in [0.25, 0.3) is 11.4 Å². The Bertz CT molecular complexity index is 1070. The second-order valence-corrected chi connectivity index (χ2v) is 8.14. The maximum Gasteiger partial charge on any atom is 0.270 e. The summed E-state index contributed by atoms with van der Waals surface area (Å²) in [6.07, 6.45) is 3.41. The Morgan fingerprint density at radius 1 is 1.16 bits per heavy atom. The molecule has 0 aliphatic carbocycles. The topological polar surface area (TPSA) is 94.8 Å². The van der Waals surface area contributed by atoms with E-state index in [1.807, 2.05) is 19.1 Å². The molecule has 0 spiro atoms. The van der Waals surface area contributed by atoms with E-state index in [1.54, 1.807) is 10.9 Å². The number of aromatic nitrogens is 5. The van der Waals surface area contributed by atoms with Crippen molar-refractivity contribution in [1.82, 2.24) is 30.5 Å². The first kappa shape index (κ1) is 21.1. The highest BCUT2D eigenvalue weighted by Gasteiger charge is 2.17. The Balaban J connectivity index is 1.45. The Hall–Kier alpha value is -3.13. The number of carbonyl (C=O) groups is 1. The van der Waals surface area contributed by atoms with Gasteiger partial charge in [-0.15, -0.1) is 10.2 Å². The van der Waals surface area contributed by atoms with Crippen molar-refractivity contribution in [3.05, 3.63) is 58.4 Å². The van der Waals surface area contributed by atoms with Gasteiger partial charge in [0.25, 0.3) is 5.91 Å². The molecule has 3 aromatic rings. The van der Waals surface area contributed by atoms with Crippen molar-refractivity contribution >= 4 is 5.91 Å². The van der Waals surface area contributed by atoms with Crippen LogP contribution in [0.1, 0.15) is 52.1 Å². The number of aryl methyl sites for hydroxylation is 3. The summed E-state index contributed by atoms with van der Waals surface area (Å²) >= 11 is 0. The maximum absolute atomic E-state index is 12.7. The molecular formula is C23H28N6O2. The Morgan fingerprint density at radius 3 is 2.81 bits per heavy atom. The van der Waals surface area contributed by atoms with E-state index in [1.165, 1.54) is 11.1 Å². The van der Waals surface area contributed by atoms with Crippen LogP contribution in [0, 0.1) is 20.8 Å². The van der Waals surface area contributed by atoms with Crippen molar-refractivity contribution in [1.29, 1.82) is 0 Å². The molecule has 1 amide bonds. The second kappa shape index (κ2) is 9.34. The van der Waals surface area contributed by atoms with Crippen LogP contribution in [0.2, 0.25) is 0 Å². The predicted octanol–water partition coefficient (Wildman–Crippen LogP) is 3.16. The Labute approximate surface area is 182 Å². The molecule has 0 radical (unpaired) electrons. The van der Waals surface area contributed by atoms with E-state index in [4.69, 9.17) is 4.74 Å². The van der Waals surface area contributed by atoms with Crippen LogP contribution in [0.4, 0.5) is 0 Å². The first-order valence-corrected chi connectivity index (χ1v) is 10.7. The molecule has 162 valence electrons. The highest BCUT2D eigenvalue weighted by molar-refractivity contribution is 5.93. The molecule has 1 atom stereocenters. The zero-order chi connectivity index (χ0) is 21.8. The number of tetrazole rings is 1. The quantitative estimate of drug-likeness (QED) is 0.658. The van der Waals surface area contributed by atoms with E-state index in [0.717, 1.165) is 42.7 Å². The van der Waals surface area contributed by atoms with E-state index >= 15 is 0 Å². The van der Waals surface area contributed by atoms with Gasteiger partial charge >= 0.3 is 0 Å². The summed E-state index contributed by atoms with van der Waals surface area (Å²) in [5.74, 6) is 0.246. The van der Waals surface area contributed by atoms with Gasteiger partial charge < -0.3 is 10.1 Å². The summed E-state index contributed by atoms with van der Waals surface area (Å²) in [5.41, 5.74) is 5.27. The summed E-state index contributed by atoms with van der Waals surface area (Å²) in [5, 5.41) is 15.8. The number of hydrogen-bond acceptors (Lipinski definition) is 6. The first-order valence-electron chi connectivity index (χ1n) is 10.7. The van der Waals surface area contributed by atoms with Gasteiger partial charge in [-0.05, 0) is 74.1 Å². The second-order valence-electron chi connectivity index (χ2n) is 8.14. The number of benzene rings is 1. The first-order chi connectivity index (χ1) is 15.0. The lowest BCUT2D eigenvalue weighted by Gasteiger charge is -2.21. The number of amides is 1. The molecule has 1 unspecified atom stereocenters. The fourth-order valence-corrected chi connectivity index (χ4v) is 3.67. The molecular weight excluding hydrogens is 392 g/mol. The summed E-state index contributed by atoms with van der Waals surface area (Å²) < 4.78 is 5.75. The molecule has 3 heterocycles. The zero-order valence-electron chi connectivity index (χ0n) is 18.3. The van der Waals surface area contributed by atoms with Crippen molar-refractivity contribution in [2.24, 2.45) is 0 Å². The van der Waals surface area contributed by atoms with Gasteiger partial charge in [0.1, 0.15) is 5.69 Å². The summed E-state index contributed by atoms with van der Waals surface area (Å²) in [6, 6.07) is 9.74. The van der Waals surface area contributed by atoms with Crippen molar-refractivity contribution < 1.29 is 9.53 Å². The van der Waals surface area contributed by atoms with Gasteiger partial charge in [-0.3, -0.25) is 4.79 Å². The standard InChI is InChI=1S/C23H28N6O2/c1-15-7-8-18(10-16(15)2)13-24-23(30)21-12-19(11-17(3)25-21)22-26-28-29(27-22)14-20-6-4-5-9-31-20/h7-8,10-12,20H,4-6,9,13-14H2,1-3H3,(H,24,30). The smallest absolute Gasteiger partial charge is 0.270 e. The van der Waals surface area contributed by atoms with Crippen LogP contribution < -0.4 is 5.32 Å². The van der Waals surface area contributed by atoms with E-state index < -0.39 is 0 Å². The number of nitrogens with one attached hydrogen (secondary N) is 1. The van der Waals surface area contributed by atoms with Crippen molar-refractivity contribution in [2.75, 3.05) is 6.61 Å². The van der Waals surface area contributed by atoms with Crippen LogP contribution in [-0.4, -0.2) is 43.8 Å². The summed E-state index contributed by atoms with van der Waals surface area (Å²) in [6.45, 7) is 7.80. The number of pyridine rings is 1. The lowest BCUT2D eigenvalue weighted by molar-refractivity contribution is 0.00133. The minimum absolute atomic E-state index is 0.127. The average Bonchev–Trinajstić information content (AvgIpc) is 3.23. The molecule has 1 aliphatic rings. The number of carbonyl (C=O) groups excluding carboxylic acids is 1. The minimum Gasteiger partial charge on any atom is -0.376 e. The molecule has 1 aliphatic heterocycles. The lowest BCUT2D eigenvalue weighted by atomic mass is 10.1. The molecule has 1 fully saturated rings. The predicted molar refractivity (Wildman–Crippen MR) is 116 cm³/mol. The van der Waals surface area contributed by atoms with Gasteiger partial charge in [0.15, 0.2) is 0 Å². The molecule has 4 rings (SSSR count). The van der Waals surface area contributed by atoms with Crippen LogP contribution in [0.15, 0.2) is 30.3 Å². The molecule has 8 heteroatoms. The van der Waals surface area contributed by atoms with Crippen molar-refractivity contribution in [2.45, 2.75) is 59.2 Å². The summed E-state index contributed by atoms with van der Waals surface area (Å²) in [4.78, 5) is 18.7. The van der Waals surface area contributed by atoms with E-state index in [9.17, 15) is 4.79 Å². The number of rotatable bonds is 6. The fourth-order valence-electron chi connectivity index (χ4n) is 3.67. The van der Waals surface area contributed by atoms with Crippen LogP contribution in [0.5, 0.6) is 0 Å². The largest absolute Gasteiger partial charge is 0.376 e. The van der Waals surface area contributed by atoms with E-state index in [-0.39, 0.29) is 12.0 Å². The highest BCUT2D eigenvalue weighted by Crippen LogP contribution is 2.18. The Kier molecular flexibility index (Phi) is 6.36. The van der Waals surface area contributed by atoms with Gasteiger partial charge in [0.05, 0.1) is 12.6 Å². The van der Waals surface area contributed by atoms with Crippen molar-refractivity contribution in [3.8, 4) is 11.4 Å². The molecule has 1 saturated heterocycles. The molecule has 0 bridgehead atoms. The molecule has 8 nitrogen and oxygen atoms in total. The molecule has 31 heavy (non-hydrogen) atoms. The molecule has 0 saturated carbocycles. The third-order valence-corrected chi connectivity index (χ3v) is 5.56.